The number of rotatable bonds is 7. The Morgan fingerprint density at radius 2 is 1.37 bits per heavy atom. The van der Waals surface area contributed by atoms with Crippen molar-refractivity contribution < 1.29 is 0 Å². The lowest BCUT2D eigenvalue weighted by Crippen LogP contribution is -2.07. The third kappa shape index (κ3) is 5.23. The van der Waals surface area contributed by atoms with Crippen LogP contribution >= 0.6 is 11.6 Å². The van der Waals surface area contributed by atoms with Crippen LogP contribution in [0.25, 0.3) is 10.9 Å². The Morgan fingerprint density at radius 1 is 0.686 bits per heavy atom. The maximum atomic E-state index is 6.10. The summed E-state index contributed by atoms with van der Waals surface area (Å²) in [7, 11) is 1.77. The molecule has 8 nitrogen and oxygen atoms in total. The van der Waals surface area contributed by atoms with Crippen LogP contribution in [0.15, 0.2) is 79.0 Å². The molecule has 0 saturated heterocycles. The molecule has 2 aromatic heterocycles. The van der Waals surface area contributed by atoms with Crippen LogP contribution in [0, 0.1) is 6.92 Å². The fraction of sp³-hybridized carbons (Fsp3) is 0.0769. The third-order valence-corrected chi connectivity index (χ3v) is 5.61. The third-order valence-electron chi connectivity index (χ3n) is 5.38. The maximum Gasteiger partial charge on any atom is 0.233 e. The number of benzene rings is 3. The van der Waals surface area contributed by atoms with Gasteiger partial charge in [-0.25, -0.2) is 0 Å². The minimum absolute atomic E-state index is 0.429. The fourth-order valence-electron chi connectivity index (χ4n) is 3.58. The number of halogens is 1. The van der Waals surface area contributed by atoms with Gasteiger partial charge in [0.15, 0.2) is 0 Å². The van der Waals surface area contributed by atoms with Crippen molar-refractivity contribution in [2.24, 2.45) is 0 Å². The Kier molecular flexibility index (Phi) is 6.28. The van der Waals surface area contributed by atoms with Gasteiger partial charge in [0.1, 0.15) is 0 Å². The number of pyridine rings is 1. The summed E-state index contributed by atoms with van der Waals surface area (Å²) in [5.74, 6) is 1.34. The van der Waals surface area contributed by atoms with Gasteiger partial charge < -0.3 is 21.3 Å². The van der Waals surface area contributed by atoms with Crippen LogP contribution in [0.1, 0.15) is 5.56 Å². The van der Waals surface area contributed by atoms with Gasteiger partial charge in [-0.3, -0.25) is 4.98 Å². The number of hydrogen-bond donors (Lipinski definition) is 4. The number of fused-ring (bicyclic) bond motifs is 1. The van der Waals surface area contributed by atoms with Crippen LogP contribution in [-0.4, -0.2) is 27.0 Å². The molecule has 3 aromatic carbocycles. The van der Waals surface area contributed by atoms with Crippen LogP contribution in [0.5, 0.6) is 0 Å². The number of aromatic nitrogens is 4. The standard InChI is InChI=1S/C26H23ClN8/c1-16-5-3-4-6-21(16)32-26-34-24(28-2)33-25(35-26)31-19-10-8-18(9-11-19)30-22-13-14-29-23-15-17(27)7-12-20(22)23/h3-15H,1-2H3,(H,29,30)(H3,28,31,32,33,34,35). The highest BCUT2D eigenvalue weighted by Gasteiger charge is 2.08. The molecule has 0 radical (unpaired) electrons. The van der Waals surface area contributed by atoms with Crippen molar-refractivity contribution in [3.05, 3.63) is 89.6 Å². The van der Waals surface area contributed by atoms with Crippen molar-refractivity contribution >= 4 is 63.1 Å². The second-order valence-electron chi connectivity index (χ2n) is 7.84. The first-order valence-corrected chi connectivity index (χ1v) is 11.4. The van der Waals surface area contributed by atoms with Crippen molar-refractivity contribution in [3.63, 3.8) is 0 Å². The van der Waals surface area contributed by atoms with Gasteiger partial charge in [-0.2, -0.15) is 15.0 Å². The topological polar surface area (TPSA) is 99.7 Å². The Balaban J connectivity index is 1.34. The first-order chi connectivity index (χ1) is 17.1. The van der Waals surface area contributed by atoms with E-state index in [1.54, 1.807) is 13.2 Å². The second-order valence-corrected chi connectivity index (χ2v) is 8.28. The summed E-state index contributed by atoms with van der Waals surface area (Å²) in [4.78, 5) is 17.8. The number of nitrogens with one attached hydrogen (secondary N) is 4. The number of para-hydroxylation sites is 1. The summed E-state index contributed by atoms with van der Waals surface area (Å²) >= 11 is 6.10. The van der Waals surface area contributed by atoms with Crippen LogP contribution in [0.3, 0.4) is 0 Å². The number of nitrogens with zero attached hydrogens (tertiary/aromatic N) is 4. The van der Waals surface area contributed by atoms with E-state index < -0.39 is 0 Å². The Morgan fingerprint density at radius 3 is 2.11 bits per heavy atom. The summed E-state index contributed by atoms with van der Waals surface area (Å²) in [5.41, 5.74) is 5.61. The van der Waals surface area contributed by atoms with E-state index in [0.717, 1.165) is 39.2 Å². The molecule has 35 heavy (non-hydrogen) atoms. The highest BCUT2D eigenvalue weighted by atomic mass is 35.5. The second kappa shape index (κ2) is 9.82. The Bertz CT molecular complexity index is 1490. The first kappa shape index (κ1) is 22.4. The van der Waals surface area contributed by atoms with E-state index in [4.69, 9.17) is 11.6 Å². The molecule has 0 saturated carbocycles. The van der Waals surface area contributed by atoms with Crippen molar-refractivity contribution in [3.8, 4) is 0 Å². The molecular weight excluding hydrogens is 460 g/mol. The first-order valence-electron chi connectivity index (χ1n) is 11.0. The molecule has 0 fully saturated rings. The smallest absolute Gasteiger partial charge is 0.233 e. The normalized spacial score (nSPS) is 10.7. The van der Waals surface area contributed by atoms with Crippen LogP contribution in [-0.2, 0) is 0 Å². The molecule has 0 spiro atoms. The lowest BCUT2D eigenvalue weighted by Gasteiger charge is -2.12. The zero-order valence-electron chi connectivity index (χ0n) is 19.2. The Labute approximate surface area is 207 Å². The van der Waals surface area contributed by atoms with Crippen molar-refractivity contribution in [1.82, 2.24) is 19.9 Å². The van der Waals surface area contributed by atoms with Gasteiger partial charge in [-0.1, -0.05) is 29.8 Å². The van der Waals surface area contributed by atoms with E-state index in [1.165, 1.54) is 0 Å². The quantitative estimate of drug-likeness (QED) is 0.204. The van der Waals surface area contributed by atoms with Crippen LogP contribution in [0.4, 0.5) is 40.6 Å². The van der Waals surface area contributed by atoms with Gasteiger partial charge in [-0.05, 0) is 67.1 Å². The largest absolute Gasteiger partial charge is 0.357 e. The molecule has 174 valence electrons. The molecule has 5 aromatic rings. The Hall–Kier alpha value is -4.43. The average molecular weight is 483 g/mol. The van der Waals surface area contributed by atoms with E-state index in [-0.39, 0.29) is 0 Å². The summed E-state index contributed by atoms with van der Waals surface area (Å²) in [6, 6.07) is 23.5. The number of anilines is 7. The summed E-state index contributed by atoms with van der Waals surface area (Å²) in [6.45, 7) is 2.03. The zero-order chi connectivity index (χ0) is 24.2. The predicted molar refractivity (Wildman–Crippen MR) is 144 cm³/mol. The molecular formula is C26H23ClN8. The predicted octanol–water partition coefficient (Wildman–Crippen LogP) is 6.65. The van der Waals surface area contributed by atoms with E-state index in [2.05, 4.69) is 41.2 Å². The van der Waals surface area contributed by atoms with Gasteiger partial charge in [0.2, 0.25) is 17.8 Å². The molecule has 4 N–H and O–H groups in total. The highest BCUT2D eigenvalue weighted by molar-refractivity contribution is 6.31. The molecule has 0 aliphatic heterocycles. The minimum Gasteiger partial charge on any atom is -0.357 e. The molecule has 0 unspecified atom stereocenters. The highest BCUT2D eigenvalue weighted by Crippen LogP contribution is 2.28. The molecule has 5 rings (SSSR count). The van der Waals surface area contributed by atoms with Gasteiger partial charge in [-0.15, -0.1) is 0 Å². The van der Waals surface area contributed by atoms with Crippen molar-refractivity contribution in [2.45, 2.75) is 6.92 Å². The summed E-state index contributed by atoms with van der Waals surface area (Å²) < 4.78 is 0. The van der Waals surface area contributed by atoms with E-state index >= 15 is 0 Å². The van der Waals surface area contributed by atoms with Gasteiger partial charge in [0, 0.05) is 46.4 Å². The average Bonchev–Trinajstić information content (AvgIpc) is 2.86. The minimum atomic E-state index is 0.429. The molecule has 9 heteroatoms. The van der Waals surface area contributed by atoms with Crippen LogP contribution in [0.2, 0.25) is 5.02 Å². The van der Waals surface area contributed by atoms with Crippen molar-refractivity contribution in [2.75, 3.05) is 28.3 Å². The number of aryl methyl sites for hydroxylation is 1. The molecule has 0 amide bonds. The van der Waals surface area contributed by atoms with E-state index in [1.807, 2.05) is 79.7 Å². The zero-order valence-corrected chi connectivity index (χ0v) is 19.9. The van der Waals surface area contributed by atoms with E-state index in [9.17, 15) is 0 Å². The monoisotopic (exact) mass is 482 g/mol. The van der Waals surface area contributed by atoms with Gasteiger partial charge >= 0.3 is 0 Å². The lowest BCUT2D eigenvalue weighted by atomic mass is 10.2. The molecule has 0 aliphatic carbocycles. The summed E-state index contributed by atoms with van der Waals surface area (Å²) in [5, 5.41) is 14.6. The molecule has 0 aliphatic rings. The molecule has 0 atom stereocenters. The van der Waals surface area contributed by atoms with Gasteiger partial charge in [0.25, 0.3) is 0 Å². The SMILES string of the molecule is CNc1nc(Nc2ccc(Nc3ccnc4cc(Cl)ccc34)cc2)nc(Nc2ccccc2C)n1. The lowest BCUT2D eigenvalue weighted by molar-refractivity contribution is 1.06. The van der Waals surface area contributed by atoms with E-state index in [0.29, 0.717) is 22.9 Å². The molecule has 0 bridgehead atoms. The maximum absolute atomic E-state index is 6.10. The van der Waals surface area contributed by atoms with Crippen LogP contribution < -0.4 is 21.3 Å². The fourth-order valence-corrected chi connectivity index (χ4v) is 3.75. The van der Waals surface area contributed by atoms with Gasteiger partial charge in [0.05, 0.1) is 5.52 Å². The number of hydrogen-bond acceptors (Lipinski definition) is 8. The summed E-state index contributed by atoms with van der Waals surface area (Å²) in [6.07, 6.45) is 1.76. The van der Waals surface area contributed by atoms with Crippen molar-refractivity contribution in [1.29, 1.82) is 0 Å². The molecule has 2 heterocycles.